The summed E-state index contributed by atoms with van der Waals surface area (Å²) >= 11 is 0. The van der Waals surface area contributed by atoms with Crippen LogP contribution < -0.4 is 5.32 Å². The summed E-state index contributed by atoms with van der Waals surface area (Å²) in [7, 11) is 0. The number of hydrogen-bond donors (Lipinski definition) is 2. The first-order valence-electron chi connectivity index (χ1n) is 10.6. The minimum absolute atomic E-state index is 0.168. The minimum Gasteiger partial charge on any atom is -0.391 e. The number of aliphatic hydroxyl groups is 1. The van der Waals surface area contributed by atoms with E-state index in [0.29, 0.717) is 6.04 Å². The molecule has 5 nitrogen and oxygen atoms in total. The average Bonchev–Trinajstić information content (AvgIpc) is 2.93. The van der Waals surface area contributed by atoms with Gasteiger partial charge < -0.3 is 10.4 Å². The van der Waals surface area contributed by atoms with E-state index in [2.05, 4.69) is 15.1 Å². The van der Waals surface area contributed by atoms with Crippen molar-refractivity contribution in [2.75, 3.05) is 26.3 Å². The van der Waals surface area contributed by atoms with Crippen LogP contribution in [0.4, 0.5) is 0 Å². The van der Waals surface area contributed by atoms with Gasteiger partial charge in [-0.05, 0) is 44.4 Å². The van der Waals surface area contributed by atoms with Gasteiger partial charge in [0.15, 0.2) is 0 Å². The predicted molar refractivity (Wildman–Crippen MR) is 98.1 cm³/mol. The molecule has 0 aromatic heterocycles. The number of amides is 1. The molecule has 1 spiro atoms. The third kappa shape index (κ3) is 3.47. The Balaban J connectivity index is 1.39. The van der Waals surface area contributed by atoms with Crippen LogP contribution in [-0.2, 0) is 4.79 Å². The quantitative estimate of drug-likeness (QED) is 0.819. The largest absolute Gasteiger partial charge is 0.391 e. The number of aliphatic hydroxyl groups excluding tert-OH is 1. The minimum atomic E-state index is -0.270. The number of carbonyl (C=O) groups excluding carboxylic acids is 1. The van der Waals surface area contributed by atoms with Gasteiger partial charge in [-0.2, -0.15) is 0 Å². The van der Waals surface area contributed by atoms with Crippen LogP contribution in [0, 0.1) is 5.92 Å². The van der Waals surface area contributed by atoms with E-state index in [1.165, 1.54) is 38.5 Å². The summed E-state index contributed by atoms with van der Waals surface area (Å²) in [6, 6.07) is 0.322. The van der Waals surface area contributed by atoms with Gasteiger partial charge in [0, 0.05) is 25.7 Å². The molecule has 0 bridgehead atoms. The van der Waals surface area contributed by atoms with E-state index in [0.717, 1.165) is 64.3 Å². The van der Waals surface area contributed by atoms with Gasteiger partial charge in [-0.25, -0.2) is 0 Å². The van der Waals surface area contributed by atoms with Gasteiger partial charge in [0.1, 0.15) is 5.54 Å². The molecule has 2 saturated carbocycles. The fourth-order valence-corrected chi connectivity index (χ4v) is 5.83. The SMILES string of the molecule is O=C1NCN(CC2CCCCC2)C12CCN([C@@H]1CCCC[C@H]1O)CC2. The number of carbonyl (C=O) groups is 1. The van der Waals surface area contributed by atoms with Crippen molar-refractivity contribution in [2.24, 2.45) is 5.92 Å². The summed E-state index contributed by atoms with van der Waals surface area (Å²) in [5.74, 6) is 1.03. The van der Waals surface area contributed by atoms with Crippen molar-refractivity contribution in [3.05, 3.63) is 0 Å². The van der Waals surface area contributed by atoms with E-state index in [-0.39, 0.29) is 17.6 Å². The topological polar surface area (TPSA) is 55.8 Å². The van der Waals surface area contributed by atoms with Gasteiger partial charge >= 0.3 is 0 Å². The van der Waals surface area contributed by atoms with Crippen LogP contribution in [0.3, 0.4) is 0 Å². The van der Waals surface area contributed by atoms with Gasteiger partial charge in [-0.15, -0.1) is 0 Å². The van der Waals surface area contributed by atoms with E-state index in [1.54, 1.807) is 0 Å². The molecule has 2 N–H and O–H groups in total. The molecule has 2 aliphatic carbocycles. The molecule has 0 aromatic rings. The molecule has 0 aromatic carbocycles. The van der Waals surface area contributed by atoms with E-state index in [4.69, 9.17) is 0 Å². The average molecular weight is 350 g/mol. The van der Waals surface area contributed by atoms with Crippen molar-refractivity contribution in [1.29, 1.82) is 0 Å². The summed E-state index contributed by atoms with van der Waals surface area (Å²) in [6.07, 6.45) is 12.9. The maximum absolute atomic E-state index is 12.7. The molecule has 5 heteroatoms. The van der Waals surface area contributed by atoms with Gasteiger partial charge in [0.2, 0.25) is 5.91 Å². The molecule has 1 amide bonds. The Morgan fingerprint density at radius 3 is 2.40 bits per heavy atom. The zero-order chi connectivity index (χ0) is 17.3. The summed E-state index contributed by atoms with van der Waals surface area (Å²) in [6.45, 7) is 3.73. The fraction of sp³-hybridized carbons (Fsp3) is 0.950. The van der Waals surface area contributed by atoms with Crippen molar-refractivity contribution in [1.82, 2.24) is 15.1 Å². The molecular weight excluding hydrogens is 314 g/mol. The molecule has 4 rings (SSSR count). The second-order valence-corrected chi connectivity index (χ2v) is 8.88. The molecule has 2 aliphatic heterocycles. The smallest absolute Gasteiger partial charge is 0.241 e. The molecule has 0 unspecified atom stereocenters. The van der Waals surface area contributed by atoms with E-state index < -0.39 is 0 Å². The molecule has 25 heavy (non-hydrogen) atoms. The maximum atomic E-state index is 12.7. The number of likely N-dealkylation sites (tertiary alicyclic amines) is 1. The summed E-state index contributed by atoms with van der Waals surface area (Å²) < 4.78 is 0. The summed E-state index contributed by atoms with van der Waals surface area (Å²) in [4.78, 5) is 17.7. The second-order valence-electron chi connectivity index (χ2n) is 8.88. The molecule has 0 radical (unpaired) electrons. The molecule has 4 fully saturated rings. The highest BCUT2D eigenvalue weighted by atomic mass is 16.3. The number of hydrogen-bond acceptors (Lipinski definition) is 4. The van der Waals surface area contributed by atoms with Crippen LogP contribution in [0.5, 0.6) is 0 Å². The van der Waals surface area contributed by atoms with Crippen molar-refractivity contribution < 1.29 is 9.90 Å². The molecule has 2 saturated heterocycles. The lowest BCUT2D eigenvalue weighted by Crippen LogP contribution is -2.59. The van der Waals surface area contributed by atoms with Crippen LogP contribution in [0.25, 0.3) is 0 Å². The lowest BCUT2D eigenvalue weighted by atomic mass is 9.82. The van der Waals surface area contributed by atoms with Crippen LogP contribution in [0.15, 0.2) is 0 Å². The summed E-state index contributed by atoms with van der Waals surface area (Å²) in [5, 5.41) is 13.5. The lowest BCUT2D eigenvalue weighted by Gasteiger charge is -2.47. The van der Waals surface area contributed by atoms with E-state index in [1.807, 2.05) is 0 Å². The Labute approximate surface area is 152 Å². The highest BCUT2D eigenvalue weighted by Crippen LogP contribution is 2.37. The second kappa shape index (κ2) is 7.53. The predicted octanol–water partition coefficient (Wildman–Crippen LogP) is 2.09. The van der Waals surface area contributed by atoms with Crippen LogP contribution in [-0.4, -0.2) is 64.8 Å². The Bertz CT molecular complexity index is 470. The Morgan fingerprint density at radius 1 is 1.00 bits per heavy atom. The standard InChI is InChI=1S/C20H35N3O2/c24-18-9-5-4-8-17(18)22-12-10-20(11-13-22)19(25)21-15-23(20)14-16-6-2-1-3-7-16/h16-18,24H,1-15H2,(H,21,25)/t17-,18-/m1/s1. The van der Waals surface area contributed by atoms with E-state index >= 15 is 0 Å². The molecular formula is C20H35N3O2. The van der Waals surface area contributed by atoms with Crippen LogP contribution in [0.2, 0.25) is 0 Å². The molecule has 4 aliphatic rings. The van der Waals surface area contributed by atoms with Crippen molar-refractivity contribution in [3.63, 3.8) is 0 Å². The molecule has 142 valence electrons. The fourth-order valence-electron chi connectivity index (χ4n) is 5.83. The normalized spacial score (nSPS) is 35.2. The Morgan fingerprint density at radius 2 is 1.68 bits per heavy atom. The molecule has 2 heterocycles. The Hall–Kier alpha value is -0.650. The van der Waals surface area contributed by atoms with Crippen molar-refractivity contribution in [2.45, 2.75) is 88.3 Å². The zero-order valence-electron chi connectivity index (χ0n) is 15.6. The van der Waals surface area contributed by atoms with Crippen molar-refractivity contribution >= 4 is 5.91 Å². The number of rotatable bonds is 3. The molecule has 2 atom stereocenters. The Kier molecular flexibility index (Phi) is 5.35. The van der Waals surface area contributed by atoms with E-state index in [9.17, 15) is 9.90 Å². The third-order valence-electron chi connectivity index (χ3n) is 7.45. The zero-order valence-corrected chi connectivity index (χ0v) is 15.6. The van der Waals surface area contributed by atoms with Gasteiger partial charge in [0.25, 0.3) is 0 Å². The summed E-state index contributed by atoms with van der Waals surface area (Å²) in [5.41, 5.74) is -0.270. The van der Waals surface area contributed by atoms with Crippen LogP contribution >= 0.6 is 0 Å². The van der Waals surface area contributed by atoms with Crippen molar-refractivity contribution in [3.8, 4) is 0 Å². The highest BCUT2D eigenvalue weighted by molar-refractivity contribution is 5.88. The maximum Gasteiger partial charge on any atom is 0.241 e. The van der Waals surface area contributed by atoms with Gasteiger partial charge in [0.05, 0.1) is 12.8 Å². The number of piperidine rings is 1. The first-order chi connectivity index (χ1) is 12.2. The van der Waals surface area contributed by atoms with Crippen LogP contribution in [0.1, 0.15) is 70.6 Å². The monoisotopic (exact) mass is 349 g/mol. The number of nitrogens with one attached hydrogen (secondary N) is 1. The van der Waals surface area contributed by atoms with Gasteiger partial charge in [-0.1, -0.05) is 32.1 Å². The lowest BCUT2D eigenvalue weighted by molar-refractivity contribution is -0.130. The highest BCUT2D eigenvalue weighted by Gasteiger charge is 2.51. The first kappa shape index (κ1) is 17.7. The third-order valence-corrected chi connectivity index (χ3v) is 7.45. The van der Waals surface area contributed by atoms with Gasteiger partial charge in [-0.3, -0.25) is 14.6 Å². The first-order valence-corrected chi connectivity index (χ1v) is 10.6. The number of nitrogens with zero attached hydrogens (tertiary/aromatic N) is 2.